The first kappa shape index (κ1) is 16.4. The van der Waals surface area contributed by atoms with E-state index >= 15 is 0 Å². The van der Waals surface area contributed by atoms with Crippen molar-refractivity contribution in [3.05, 3.63) is 23.9 Å². The van der Waals surface area contributed by atoms with Gasteiger partial charge in [-0.15, -0.1) is 0 Å². The molecule has 0 saturated heterocycles. The molecule has 1 aromatic rings. The van der Waals surface area contributed by atoms with Crippen LogP contribution < -0.4 is 15.4 Å². The SMILES string of the molecule is CCNC(C)CC(=O)NCc1cccnc1OC(C)C. The Hall–Kier alpha value is -1.62. The maximum atomic E-state index is 11.8. The van der Waals surface area contributed by atoms with Gasteiger partial charge in [0, 0.05) is 30.8 Å². The number of nitrogens with one attached hydrogen (secondary N) is 2. The second kappa shape index (κ2) is 8.53. The minimum Gasteiger partial charge on any atom is -0.475 e. The lowest BCUT2D eigenvalue weighted by atomic mass is 10.2. The zero-order chi connectivity index (χ0) is 15.0. The molecule has 0 bridgehead atoms. The van der Waals surface area contributed by atoms with Crippen LogP contribution in [0.4, 0.5) is 0 Å². The lowest BCUT2D eigenvalue weighted by Crippen LogP contribution is -2.33. The monoisotopic (exact) mass is 279 g/mol. The second-order valence-electron chi connectivity index (χ2n) is 5.07. The number of pyridine rings is 1. The van der Waals surface area contributed by atoms with Crippen molar-refractivity contribution in [1.29, 1.82) is 0 Å². The fourth-order valence-corrected chi connectivity index (χ4v) is 1.85. The molecule has 20 heavy (non-hydrogen) atoms. The van der Waals surface area contributed by atoms with E-state index in [1.165, 1.54) is 0 Å². The molecule has 5 nitrogen and oxygen atoms in total. The lowest BCUT2D eigenvalue weighted by Gasteiger charge is -2.14. The van der Waals surface area contributed by atoms with Gasteiger partial charge < -0.3 is 15.4 Å². The van der Waals surface area contributed by atoms with Gasteiger partial charge in [0.25, 0.3) is 0 Å². The van der Waals surface area contributed by atoms with Crippen LogP contribution in [0.25, 0.3) is 0 Å². The normalized spacial score (nSPS) is 12.2. The first-order valence-electron chi connectivity index (χ1n) is 7.13. The Morgan fingerprint density at radius 3 is 2.80 bits per heavy atom. The fraction of sp³-hybridized carbons (Fsp3) is 0.600. The quantitative estimate of drug-likeness (QED) is 0.762. The van der Waals surface area contributed by atoms with Crippen molar-refractivity contribution in [2.24, 2.45) is 0 Å². The molecular weight excluding hydrogens is 254 g/mol. The highest BCUT2D eigenvalue weighted by Gasteiger charge is 2.10. The Balaban J connectivity index is 2.50. The summed E-state index contributed by atoms with van der Waals surface area (Å²) >= 11 is 0. The predicted octanol–water partition coefficient (Wildman–Crippen LogP) is 1.87. The summed E-state index contributed by atoms with van der Waals surface area (Å²) in [5.41, 5.74) is 0.894. The van der Waals surface area contributed by atoms with E-state index in [1.54, 1.807) is 6.20 Å². The number of hydrogen-bond donors (Lipinski definition) is 2. The molecule has 1 atom stereocenters. The van der Waals surface area contributed by atoms with E-state index in [4.69, 9.17) is 4.74 Å². The second-order valence-corrected chi connectivity index (χ2v) is 5.07. The summed E-state index contributed by atoms with van der Waals surface area (Å²) in [6.45, 7) is 9.24. The van der Waals surface area contributed by atoms with Crippen molar-refractivity contribution in [2.45, 2.75) is 52.8 Å². The van der Waals surface area contributed by atoms with Gasteiger partial charge in [-0.3, -0.25) is 4.79 Å². The lowest BCUT2D eigenvalue weighted by molar-refractivity contribution is -0.121. The number of nitrogens with zero attached hydrogens (tertiary/aromatic N) is 1. The molecular formula is C15H25N3O2. The molecule has 1 amide bonds. The smallest absolute Gasteiger partial charge is 0.221 e. The summed E-state index contributed by atoms with van der Waals surface area (Å²) in [6.07, 6.45) is 2.22. The van der Waals surface area contributed by atoms with Gasteiger partial charge in [-0.1, -0.05) is 13.0 Å². The van der Waals surface area contributed by atoms with Gasteiger partial charge in [0.2, 0.25) is 11.8 Å². The van der Waals surface area contributed by atoms with E-state index in [1.807, 2.05) is 39.8 Å². The molecule has 5 heteroatoms. The summed E-state index contributed by atoms with van der Waals surface area (Å²) in [5.74, 6) is 0.611. The summed E-state index contributed by atoms with van der Waals surface area (Å²) in [5, 5.41) is 6.12. The van der Waals surface area contributed by atoms with Gasteiger partial charge in [0.1, 0.15) is 0 Å². The topological polar surface area (TPSA) is 63.2 Å². The van der Waals surface area contributed by atoms with Crippen molar-refractivity contribution in [3.8, 4) is 5.88 Å². The number of carbonyl (C=O) groups excluding carboxylic acids is 1. The number of ether oxygens (including phenoxy) is 1. The first-order chi connectivity index (χ1) is 9.52. The van der Waals surface area contributed by atoms with Crippen LogP contribution in [-0.4, -0.2) is 29.6 Å². The Morgan fingerprint density at radius 2 is 2.15 bits per heavy atom. The minimum atomic E-state index is 0.0257. The summed E-state index contributed by atoms with van der Waals surface area (Å²) in [4.78, 5) is 16.0. The summed E-state index contributed by atoms with van der Waals surface area (Å²) in [6, 6.07) is 3.94. The predicted molar refractivity (Wildman–Crippen MR) is 79.6 cm³/mol. The van der Waals surface area contributed by atoms with Gasteiger partial charge in [0.15, 0.2) is 0 Å². The van der Waals surface area contributed by atoms with E-state index in [2.05, 4.69) is 15.6 Å². The number of carbonyl (C=O) groups is 1. The summed E-state index contributed by atoms with van der Waals surface area (Å²) < 4.78 is 5.62. The Morgan fingerprint density at radius 1 is 1.40 bits per heavy atom. The third-order valence-corrected chi connectivity index (χ3v) is 2.72. The van der Waals surface area contributed by atoms with Gasteiger partial charge in [0.05, 0.1) is 6.10 Å². The van der Waals surface area contributed by atoms with E-state index < -0.39 is 0 Å². The zero-order valence-corrected chi connectivity index (χ0v) is 12.8. The van der Waals surface area contributed by atoms with Gasteiger partial charge in [-0.05, 0) is 33.4 Å². The van der Waals surface area contributed by atoms with Crippen LogP contribution in [0, 0.1) is 0 Å². The Kier molecular flexibility index (Phi) is 7.01. The molecule has 0 spiro atoms. The van der Waals surface area contributed by atoms with E-state index in [-0.39, 0.29) is 18.1 Å². The molecule has 0 saturated carbocycles. The third-order valence-electron chi connectivity index (χ3n) is 2.72. The van der Waals surface area contributed by atoms with Crippen LogP contribution in [0.2, 0.25) is 0 Å². The highest BCUT2D eigenvalue weighted by molar-refractivity contribution is 5.76. The largest absolute Gasteiger partial charge is 0.475 e. The van der Waals surface area contributed by atoms with E-state index in [0.717, 1.165) is 12.1 Å². The van der Waals surface area contributed by atoms with E-state index in [9.17, 15) is 4.79 Å². The maximum Gasteiger partial charge on any atom is 0.221 e. The number of hydrogen-bond acceptors (Lipinski definition) is 4. The van der Waals surface area contributed by atoms with Gasteiger partial charge >= 0.3 is 0 Å². The van der Waals surface area contributed by atoms with Gasteiger partial charge in [-0.2, -0.15) is 0 Å². The van der Waals surface area contributed by atoms with Gasteiger partial charge in [-0.25, -0.2) is 4.98 Å². The maximum absolute atomic E-state index is 11.8. The zero-order valence-electron chi connectivity index (χ0n) is 12.8. The first-order valence-corrected chi connectivity index (χ1v) is 7.13. The van der Waals surface area contributed by atoms with Crippen molar-refractivity contribution < 1.29 is 9.53 Å². The van der Waals surface area contributed by atoms with Crippen LogP contribution in [0.5, 0.6) is 5.88 Å². The molecule has 2 N–H and O–H groups in total. The molecule has 0 aliphatic rings. The Labute approximate surface area is 121 Å². The highest BCUT2D eigenvalue weighted by Crippen LogP contribution is 2.15. The molecule has 0 aliphatic carbocycles. The van der Waals surface area contributed by atoms with Crippen LogP contribution in [0.3, 0.4) is 0 Å². The van der Waals surface area contributed by atoms with Crippen molar-refractivity contribution in [3.63, 3.8) is 0 Å². The molecule has 0 fully saturated rings. The molecule has 1 rings (SSSR count). The molecule has 0 aromatic carbocycles. The van der Waals surface area contributed by atoms with Crippen LogP contribution in [-0.2, 0) is 11.3 Å². The average Bonchev–Trinajstić information content (AvgIpc) is 2.37. The molecule has 112 valence electrons. The third kappa shape index (κ3) is 6.02. The average molecular weight is 279 g/mol. The van der Waals surface area contributed by atoms with Crippen LogP contribution >= 0.6 is 0 Å². The van der Waals surface area contributed by atoms with E-state index in [0.29, 0.717) is 18.8 Å². The van der Waals surface area contributed by atoms with Crippen molar-refractivity contribution in [2.75, 3.05) is 6.54 Å². The molecule has 0 aliphatic heterocycles. The summed E-state index contributed by atoms with van der Waals surface area (Å²) in [7, 11) is 0. The number of rotatable bonds is 8. The minimum absolute atomic E-state index is 0.0257. The van der Waals surface area contributed by atoms with Crippen LogP contribution in [0.15, 0.2) is 18.3 Å². The van der Waals surface area contributed by atoms with Crippen molar-refractivity contribution in [1.82, 2.24) is 15.6 Å². The Bertz CT molecular complexity index is 421. The molecule has 0 radical (unpaired) electrons. The number of aromatic nitrogens is 1. The standard InChI is InChI=1S/C15H25N3O2/c1-5-16-12(4)9-14(19)18-10-13-7-6-8-17-15(13)20-11(2)3/h6-8,11-12,16H,5,9-10H2,1-4H3,(H,18,19). The molecule has 1 aromatic heterocycles. The molecule has 1 unspecified atom stereocenters. The van der Waals surface area contributed by atoms with Crippen molar-refractivity contribution >= 4 is 5.91 Å². The highest BCUT2D eigenvalue weighted by atomic mass is 16.5. The molecule has 1 heterocycles. The van der Waals surface area contributed by atoms with Crippen LogP contribution in [0.1, 0.15) is 39.7 Å². The fourth-order valence-electron chi connectivity index (χ4n) is 1.85. The number of amides is 1.